The zero-order chi connectivity index (χ0) is 25.4. The Morgan fingerprint density at radius 1 is 1.11 bits per heavy atom. The highest BCUT2D eigenvalue weighted by molar-refractivity contribution is 5.87. The minimum Gasteiger partial charge on any atom is -0.496 e. The smallest absolute Gasteiger partial charge is 0.244 e. The zero-order valence-electron chi connectivity index (χ0n) is 20.5. The summed E-state index contributed by atoms with van der Waals surface area (Å²) in [5, 5.41) is 20.0. The average Bonchev–Trinajstić information content (AvgIpc) is 3.36. The molecule has 0 radical (unpaired) electrons. The van der Waals surface area contributed by atoms with Gasteiger partial charge in [0, 0.05) is 30.8 Å². The molecule has 2 aliphatic rings. The monoisotopic (exact) mass is 493 g/mol. The summed E-state index contributed by atoms with van der Waals surface area (Å²) < 4.78 is 17.0. The summed E-state index contributed by atoms with van der Waals surface area (Å²) in [5.41, 5.74) is 11.1. The van der Waals surface area contributed by atoms with Crippen LogP contribution in [0.25, 0.3) is 22.0 Å². The van der Waals surface area contributed by atoms with E-state index in [2.05, 4.69) is 57.6 Å². The van der Waals surface area contributed by atoms with Gasteiger partial charge in [0.1, 0.15) is 17.4 Å². The molecule has 4 aromatic rings. The van der Waals surface area contributed by atoms with Crippen LogP contribution < -0.4 is 15.2 Å². The molecule has 0 bridgehead atoms. The molecule has 1 fully saturated rings. The number of hydrogen-bond acceptors (Lipinski definition) is 7. The van der Waals surface area contributed by atoms with Crippen LogP contribution in [0.2, 0.25) is 0 Å². The van der Waals surface area contributed by atoms with Crippen LogP contribution in [-0.2, 0) is 11.3 Å². The molecule has 6 rings (SSSR count). The molecular formula is C29H27N5O3. The second kappa shape index (κ2) is 9.62. The van der Waals surface area contributed by atoms with E-state index in [1.54, 1.807) is 7.11 Å². The first-order valence-corrected chi connectivity index (χ1v) is 12.3. The van der Waals surface area contributed by atoms with Crippen LogP contribution in [0.3, 0.4) is 0 Å². The Morgan fingerprint density at radius 2 is 1.92 bits per heavy atom. The van der Waals surface area contributed by atoms with Gasteiger partial charge in [-0.3, -0.25) is 10.00 Å². The quantitative estimate of drug-likeness (QED) is 0.427. The van der Waals surface area contributed by atoms with Crippen LogP contribution >= 0.6 is 0 Å². The highest BCUT2D eigenvalue weighted by Crippen LogP contribution is 2.46. The molecule has 3 N–H and O–H groups in total. The van der Waals surface area contributed by atoms with Crippen LogP contribution in [-0.4, -0.2) is 48.5 Å². The average molecular weight is 494 g/mol. The largest absolute Gasteiger partial charge is 0.496 e. The normalized spacial score (nSPS) is 17.8. The molecule has 0 saturated carbocycles. The molecule has 8 heteroatoms. The highest BCUT2D eigenvalue weighted by atomic mass is 16.5. The van der Waals surface area contributed by atoms with Crippen molar-refractivity contribution in [2.24, 2.45) is 5.73 Å². The number of nitrogens with zero attached hydrogens (tertiary/aromatic N) is 3. The number of aromatic nitrogens is 2. The lowest BCUT2D eigenvalue weighted by Gasteiger charge is -2.28. The molecule has 3 heterocycles. The maximum Gasteiger partial charge on any atom is 0.244 e. The zero-order valence-corrected chi connectivity index (χ0v) is 20.5. The fourth-order valence-corrected chi connectivity index (χ4v) is 5.25. The van der Waals surface area contributed by atoms with Gasteiger partial charge in [-0.15, -0.1) is 5.10 Å². The van der Waals surface area contributed by atoms with Crippen molar-refractivity contribution in [2.45, 2.75) is 12.5 Å². The van der Waals surface area contributed by atoms with Crippen molar-refractivity contribution in [2.75, 3.05) is 33.4 Å². The molecule has 0 aliphatic carbocycles. The van der Waals surface area contributed by atoms with Gasteiger partial charge in [0.25, 0.3) is 0 Å². The molecule has 37 heavy (non-hydrogen) atoms. The van der Waals surface area contributed by atoms with Gasteiger partial charge in [0.15, 0.2) is 0 Å². The summed E-state index contributed by atoms with van der Waals surface area (Å²) >= 11 is 0. The van der Waals surface area contributed by atoms with Crippen molar-refractivity contribution in [3.63, 3.8) is 0 Å². The Labute approximate surface area is 214 Å². The SMILES string of the molecule is COc1ccc([C@H]2C(C#N)=C(N)Oc3n[nH]c(-c4ccc5ccccc5c4)c32)cc1CN1CCOCC1. The van der Waals surface area contributed by atoms with E-state index >= 15 is 0 Å². The number of ether oxygens (including phenoxy) is 3. The molecule has 1 atom stereocenters. The minimum absolute atomic E-state index is 0.0714. The molecule has 0 unspecified atom stereocenters. The van der Waals surface area contributed by atoms with Crippen molar-refractivity contribution >= 4 is 10.8 Å². The van der Waals surface area contributed by atoms with Gasteiger partial charge in [0.2, 0.25) is 11.8 Å². The molecule has 0 amide bonds. The minimum atomic E-state index is -0.441. The summed E-state index contributed by atoms with van der Waals surface area (Å²) in [6.07, 6.45) is 0. The predicted molar refractivity (Wildman–Crippen MR) is 140 cm³/mol. The standard InChI is InChI=1S/C29H27N5O3/c1-35-24-9-8-20(15-22(24)17-34-10-12-36-13-11-34)25-23(16-30)28(31)37-29-26(25)27(32-33-29)21-7-6-18-4-2-3-5-19(18)14-21/h2-9,14-15,25H,10-13,17,31H2,1H3,(H,32,33)/t25-/m0/s1. The molecule has 1 saturated heterocycles. The van der Waals surface area contributed by atoms with Gasteiger partial charge in [-0.05, 0) is 34.5 Å². The van der Waals surface area contributed by atoms with E-state index in [0.717, 1.165) is 64.1 Å². The van der Waals surface area contributed by atoms with Crippen LogP contribution in [0.5, 0.6) is 11.6 Å². The maximum absolute atomic E-state index is 10.1. The molecule has 1 aromatic heterocycles. The number of allylic oxidation sites excluding steroid dienone is 1. The molecular weight excluding hydrogens is 466 g/mol. The fourth-order valence-electron chi connectivity index (χ4n) is 5.25. The summed E-state index contributed by atoms with van der Waals surface area (Å²) in [4.78, 5) is 2.34. The van der Waals surface area contributed by atoms with E-state index < -0.39 is 5.92 Å². The van der Waals surface area contributed by atoms with Gasteiger partial charge < -0.3 is 19.9 Å². The first kappa shape index (κ1) is 23.1. The Kier molecular flexibility index (Phi) is 6.01. The third kappa shape index (κ3) is 4.18. The number of morpholine rings is 1. The first-order chi connectivity index (χ1) is 18.2. The number of nitrogens with one attached hydrogen (secondary N) is 1. The van der Waals surface area contributed by atoms with Crippen molar-refractivity contribution in [1.82, 2.24) is 15.1 Å². The van der Waals surface area contributed by atoms with Gasteiger partial charge in [-0.25, -0.2) is 0 Å². The molecule has 0 spiro atoms. The van der Waals surface area contributed by atoms with Crippen LogP contribution in [0.4, 0.5) is 0 Å². The maximum atomic E-state index is 10.1. The second-order valence-electron chi connectivity index (χ2n) is 9.26. The highest BCUT2D eigenvalue weighted by Gasteiger charge is 2.36. The van der Waals surface area contributed by atoms with Crippen molar-refractivity contribution < 1.29 is 14.2 Å². The topological polar surface area (TPSA) is 109 Å². The number of nitriles is 1. The predicted octanol–water partition coefficient (Wildman–Crippen LogP) is 4.29. The third-order valence-electron chi connectivity index (χ3n) is 7.11. The molecule has 3 aromatic carbocycles. The molecule has 2 aliphatic heterocycles. The van der Waals surface area contributed by atoms with Crippen LogP contribution in [0, 0.1) is 11.3 Å². The van der Waals surface area contributed by atoms with E-state index in [1.165, 1.54) is 0 Å². The van der Waals surface area contributed by atoms with E-state index in [9.17, 15) is 5.26 Å². The number of rotatable bonds is 5. The van der Waals surface area contributed by atoms with E-state index in [-0.39, 0.29) is 5.88 Å². The number of aromatic amines is 1. The van der Waals surface area contributed by atoms with E-state index in [0.29, 0.717) is 24.7 Å². The molecule has 186 valence electrons. The fraction of sp³-hybridized carbons (Fsp3) is 0.241. The number of fused-ring (bicyclic) bond motifs is 2. The summed E-state index contributed by atoms with van der Waals surface area (Å²) in [6.45, 7) is 3.87. The van der Waals surface area contributed by atoms with Gasteiger partial charge in [-0.1, -0.05) is 42.5 Å². The van der Waals surface area contributed by atoms with E-state index in [1.807, 2.05) is 24.3 Å². The number of H-pyrrole nitrogens is 1. The number of methoxy groups -OCH3 is 1. The first-order valence-electron chi connectivity index (χ1n) is 12.3. The van der Waals surface area contributed by atoms with Gasteiger partial charge in [-0.2, -0.15) is 5.26 Å². The second-order valence-corrected chi connectivity index (χ2v) is 9.26. The van der Waals surface area contributed by atoms with Crippen LogP contribution in [0.15, 0.2) is 72.1 Å². The van der Waals surface area contributed by atoms with Gasteiger partial charge in [0.05, 0.1) is 37.5 Å². The lowest BCUT2D eigenvalue weighted by molar-refractivity contribution is 0.0339. The summed E-state index contributed by atoms with van der Waals surface area (Å²) in [7, 11) is 1.68. The Morgan fingerprint density at radius 3 is 2.70 bits per heavy atom. The molecule has 8 nitrogen and oxygen atoms in total. The Bertz CT molecular complexity index is 1540. The Balaban J connectivity index is 1.47. The lowest BCUT2D eigenvalue weighted by atomic mass is 9.82. The van der Waals surface area contributed by atoms with Crippen molar-refractivity contribution in [1.29, 1.82) is 5.26 Å². The number of nitrogens with two attached hydrogens (primary N) is 1. The third-order valence-corrected chi connectivity index (χ3v) is 7.11. The number of benzene rings is 3. The summed E-state index contributed by atoms with van der Waals surface area (Å²) in [5.74, 6) is 0.820. The lowest BCUT2D eigenvalue weighted by Crippen LogP contribution is -2.35. The van der Waals surface area contributed by atoms with Crippen molar-refractivity contribution in [3.8, 4) is 29.0 Å². The van der Waals surface area contributed by atoms with Crippen LogP contribution in [0.1, 0.15) is 22.6 Å². The van der Waals surface area contributed by atoms with Gasteiger partial charge >= 0.3 is 0 Å². The van der Waals surface area contributed by atoms with E-state index in [4.69, 9.17) is 19.9 Å². The number of hydrogen-bond donors (Lipinski definition) is 2. The van der Waals surface area contributed by atoms with Crippen molar-refractivity contribution in [3.05, 3.63) is 88.8 Å². The summed E-state index contributed by atoms with van der Waals surface area (Å²) in [6, 6.07) is 22.8. The Hall–Kier alpha value is -4.32.